The molecule has 2 aromatic rings. The third-order valence-electron chi connectivity index (χ3n) is 4.76. The Hall–Kier alpha value is -1.94. The molecule has 3 nitrogen and oxygen atoms in total. The van der Waals surface area contributed by atoms with E-state index < -0.39 is 9.84 Å². The molecule has 24 heavy (non-hydrogen) atoms. The lowest BCUT2D eigenvalue weighted by molar-refractivity contribution is -0.108. The Labute approximate surface area is 144 Å². The quantitative estimate of drug-likeness (QED) is 0.641. The predicted molar refractivity (Wildman–Crippen MR) is 96.8 cm³/mol. The molecule has 0 bridgehead atoms. The van der Waals surface area contributed by atoms with Crippen LogP contribution >= 0.6 is 0 Å². The second-order valence-corrected chi connectivity index (χ2v) is 8.20. The van der Waals surface area contributed by atoms with Gasteiger partial charge in [0.2, 0.25) is 0 Å². The van der Waals surface area contributed by atoms with E-state index in [1.54, 1.807) is 24.3 Å². The summed E-state index contributed by atoms with van der Waals surface area (Å²) in [6, 6.07) is 18.5. The predicted octanol–water partition coefficient (Wildman–Crippen LogP) is 4.18. The summed E-state index contributed by atoms with van der Waals surface area (Å²) in [4.78, 5) is 11.3. The van der Waals surface area contributed by atoms with Crippen LogP contribution in [-0.2, 0) is 20.0 Å². The number of aldehydes is 1. The molecule has 0 spiro atoms. The van der Waals surface area contributed by atoms with E-state index in [-0.39, 0.29) is 11.2 Å². The molecule has 0 aromatic heterocycles. The van der Waals surface area contributed by atoms with Gasteiger partial charge >= 0.3 is 0 Å². The molecule has 2 aromatic carbocycles. The van der Waals surface area contributed by atoms with Gasteiger partial charge in [-0.15, -0.1) is 0 Å². The van der Waals surface area contributed by atoms with E-state index in [0.29, 0.717) is 24.2 Å². The molecule has 4 heteroatoms. The summed E-state index contributed by atoms with van der Waals surface area (Å²) < 4.78 is 25.3. The van der Waals surface area contributed by atoms with Crippen LogP contribution in [0.3, 0.4) is 0 Å². The Morgan fingerprint density at radius 2 is 1.50 bits per heavy atom. The molecule has 0 heterocycles. The molecule has 0 aliphatic carbocycles. The fraction of sp³-hybridized carbons (Fsp3) is 0.350. The van der Waals surface area contributed by atoms with Crippen molar-refractivity contribution in [3.63, 3.8) is 0 Å². The van der Waals surface area contributed by atoms with Crippen LogP contribution in [-0.4, -0.2) is 20.5 Å². The highest BCUT2D eigenvalue weighted by molar-refractivity contribution is 7.91. The van der Waals surface area contributed by atoms with Crippen LogP contribution in [0, 0.1) is 0 Å². The average Bonchev–Trinajstić information content (AvgIpc) is 2.64. The topological polar surface area (TPSA) is 51.2 Å². The second kappa shape index (κ2) is 8.25. The van der Waals surface area contributed by atoms with E-state index in [1.807, 2.05) is 36.4 Å². The van der Waals surface area contributed by atoms with E-state index in [1.165, 1.54) is 0 Å². The van der Waals surface area contributed by atoms with Crippen molar-refractivity contribution in [1.82, 2.24) is 0 Å². The third kappa shape index (κ3) is 4.32. The highest BCUT2D eigenvalue weighted by Crippen LogP contribution is 2.37. The van der Waals surface area contributed by atoms with Crippen LogP contribution < -0.4 is 0 Å². The van der Waals surface area contributed by atoms with Crippen LogP contribution in [0.4, 0.5) is 0 Å². The standard InChI is InChI=1S/C20H24O3S/c1-2-20(14-9-16-21,18-10-5-3-6-11-18)15-17-24(22,23)19-12-7-4-8-13-19/h3-8,10-13,16H,2,9,14-15,17H2,1H3. The molecule has 128 valence electrons. The number of rotatable bonds is 9. The molecule has 0 aliphatic heterocycles. The average molecular weight is 344 g/mol. The van der Waals surface area contributed by atoms with Crippen LogP contribution in [0.25, 0.3) is 0 Å². The molecule has 0 saturated heterocycles. The number of carbonyl (C=O) groups is 1. The monoisotopic (exact) mass is 344 g/mol. The van der Waals surface area contributed by atoms with Crippen molar-refractivity contribution in [2.45, 2.75) is 42.9 Å². The number of hydrogen-bond acceptors (Lipinski definition) is 3. The maximum Gasteiger partial charge on any atom is 0.178 e. The molecule has 2 rings (SSSR count). The maximum atomic E-state index is 12.6. The summed E-state index contributed by atoms with van der Waals surface area (Å²) in [5.41, 5.74) is 0.821. The van der Waals surface area contributed by atoms with Crippen LogP contribution in [0.1, 0.15) is 38.2 Å². The minimum absolute atomic E-state index is 0.0819. The van der Waals surface area contributed by atoms with Gasteiger partial charge < -0.3 is 4.79 Å². The Bertz CT molecular complexity index is 739. The van der Waals surface area contributed by atoms with E-state index in [0.717, 1.165) is 18.3 Å². The normalized spacial score (nSPS) is 14.0. The van der Waals surface area contributed by atoms with Gasteiger partial charge in [-0.25, -0.2) is 8.42 Å². The molecule has 0 radical (unpaired) electrons. The van der Waals surface area contributed by atoms with Crippen molar-refractivity contribution in [3.05, 3.63) is 66.2 Å². The molecule has 0 fully saturated rings. The summed E-state index contributed by atoms with van der Waals surface area (Å²) in [6.45, 7) is 2.06. The van der Waals surface area contributed by atoms with Gasteiger partial charge in [0.05, 0.1) is 10.6 Å². The summed E-state index contributed by atoms with van der Waals surface area (Å²) >= 11 is 0. The smallest absolute Gasteiger partial charge is 0.178 e. The molecule has 0 aliphatic rings. The van der Waals surface area contributed by atoms with Gasteiger partial charge in [0.15, 0.2) is 9.84 Å². The highest BCUT2D eigenvalue weighted by Gasteiger charge is 2.31. The lowest BCUT2D eigenvalue weighted by atomic mass is 9.72. The zero-order valence-corrected chi connectivity index (χ0v) is 14.8. The van der Waals surface area contributed by atoms with Crippen LogP contribution in [0.2, 0.25) is 0 Å². The van der Waals surface area contributed by atoms with Crippen molar-refractivity contribution >= 4 is 16.1 Å². The SMILES string of the molecule is CCC(CCC=O)(CCS(=O)(=O)c1ccccc1)c1ccccc1. The summed E-state index contributed by atoms with van der Waals surface area (Å²) in [5.74, 6) is 0.0819. The summed E-state index contributed by atoms with van der Waals surface area (Å²) in [6.07, 6.45) is 3.34. The fourth-order valence-electron chi connectivity index (χ4n) is 3.17. The Morgan fingerprint density at radius 1 is 0.917 bits per heavy atom. The first-order chi connectivity index (χ1) is 11.5. The largest absolute Gasteiger partial charge is 0.303 e. The minimum Gasteiger partial charge on any atom is -0.303 e. The third-order valence-corrected chi connectivity index (χ3v) is 6.49. The lowest BCUT2D eigenvalue weighted by Gasteiger charge is -2.33. The molecule has 1 atom stereocenters. The number of carbonyl (C=O) groups excluding carboxylic acids is 1. The maximum absolute atomic E-state index is 12.6. The van der Waals surface area contributed by atoms with Gasteiger partial charge in [0, 0.05) is 6.42 Å². The van der Waals surface area contributed by atoms with E-state index >= 15 is 0 Å². The Balaban J connectivity index is 2.27. The molecular formula is C20H24O3S. The van der Waals surface area contributed by atoms with Crippen molar-refractivity contribution in [1.29, 1.82) is 0 Å². The second-order valence-electron chi connectivity index (χ2n) is 6.09. The first-order valence-electron chi connectivity index (χ1n) is 8.31. The van der Waals surface area contributed by atoms with Crippen LogP contribution in [0.5, 0.6) is 0 Å². The van der Waals surface area contributed by atoms with Crippen molar-refractivity contribution in [2.24, 2.45) is 0 Å². The first kappa shape index (κ1) is 18.4. The number of benzene rings is 2. The van der Waals surface area contributed by atoms with Crippen LogP contribution in [0.15, 0.2) is 65.6 Å². The molecule has 0 amide bonds. The van der Waals surface area contributed by atoms with Gasteiger partial charge in [-0.3, -0.25) is 0 Å². The first-order valence-corrected chi connectivity index (χ1v) is 9.96. The Morgan fingerprint density at radius 3 is 2.04 bits per heavy atom. The zero-order chi connectivity index (χ0) is 17.5. The molecular weight excluding hydrogens is 320 g/mol. The summed E-state index contributed by atoms with van der Waals surface area (Å²) in [7, 11) is -3.32. The van der Waals surface area contributed by atoms with Gasteiger partial charge in [-0.1, -0.05) is 55.5 Å². The summed E-state index contributed by atoms with van der Waals surface area (Å²) in [5, 5.41) is 0. The Kier molecular flexibility index (Phi) is 6.32. The van der Waals surface area contributed by atoms with Crippen molar-refractivity contribution in [3.8, 4) is 0 Å². The van der Waals surface area contributed by atoms with Gasteiger partial charge in [-0.2, -0.15) is 0 Å². The molecule has 1 unspecified atom stereocenters. The van der Waals surface area contributed by atoms with Gasteiger partial charge in [-0.05, 0) is 42.4 Å². The van der Waals surface area contributed by atoms with Crippen molar-refractivity contribution in [2.75, 3.05) is 5.75 Å². The van der Waals surface area contributed by atoms with Crippen molar-refractivity contribution < 1.29 is 13.2 Å². The molecule has 0 saturated carbocycles. The van der Waals surface area contributed by atoms with Gasteiger partial charge in [0.1, 0.15) is 6.29 Å². The number of sulfone groups is 1. The van der Waals surface area contributed by atoms with E-state index in [9.17, 15) is 13.2 Å². The molecule has 0 N–H and O–H groups in total. The fourth-order valence-corrected chi connectivity index (χ4v) is 4.64. The lowest BCUT2D eigenvalue weighted by Crippen LogP contribution is -2.29. The van der Waals surface area contributed by atoms with Gasteiger partial charge in [0.25, 0.3) is 0 Å². The van der Waals surface area contributed by atoms with E-state index in [2.05, 4.69) is 6.92 Å². The zero-order valence-electron chi connectivity index (χ0n) is 14.0. The van der Waals surface area contributed by atoms with E-state index in [4.69, 9.17) is 0 Å². The number of hydrogen-bond donors (Lipinski definition) is 0. The minimum atomic E-state index is -3.32. The highest BCUT2D eigenvalue weighted by atomic mass is 32.2.